The van der Waals surface area contributed by atoms with Crippen molar-refractivity contribution in [3.63, 3.8) is 0 Å². The summed E-state index contributed by atoms with van der Waals surface area (Å²) in [7, 11) is 0. The number of benzene rings is 2. The van der Waals surface area contributed by atoms with E-state index in [0.717, 1.165) is 0 Å². The van der Waals surface area contributed by atoms with Crippen LogP contribution in [-0.2, 0) is 32.0 Å². The van der Waals surface area contributed by atoms with Crippen LogP contribution in [0.3, 0.4) is 0 Å². The number of aliphatic imine (C=N–C) groups is 1. The summed E-state index contributed by atoms with van der Waals surface area (Å²) in [5, 5.41) is 27.4. The summed E-state index contributed by atoms with van der Waals surface area (Å²) >= 11 is 1.47. The van der Waals surface area contributed by atoms with Crippen molar-refractivity contribution >= 4 is 41.4 Å². The van der Waals surface area contributed by atoms with E-state index in [1.54, 1.807) is 42.5 Å². The zero-order valence-corrected chi connectivity index (χ0v) is 24.9. The lowest BCUT2D eigenvalue weighted by atomic mass is 10.0. The van der Waals surface area contributed by atoms with E-state index in [9.17, 15) is 29.4 Å². The fraction of sp³-hybridized carbons (Fsp3) is 0.414. The third kappa shape index (κ3) is 13.0. The lowest BCUT2D eigenvalue weighted by molar-refractivity contribution is -0.142. The molecule has 2 aromatic rings. The molecule has 0 bridgehead atoms. The first-order chi connectivity index (χ1) is 20.5. The van der Waals surface area contributed by atoms with Crippen molar-refractivity contribution < 1.29 is 29.4 Å². The fourth-order valence-electron chi connectivity index (χ4n) is 4.11. The van der Waals surface area contributed by atoms with Crippen LogP contribution in [0.4, 0.5) is 0 Å². The van der Waals surface area contributed by atoms with Crippen LogP contribution in [0.1, 0.15) is 30.4 Å². The molecule has 0 aliphatic carbocycles. The van der Waals surface area contributed by atoms with E-state index in [1.165, 1.54) is 23.9 Å². The fourth-order valence-corrected chi connectivity index (χ4v) is 4.58. The quantitative estimate of drug-likeness (QED) is 0.0627. The maximum Gasteiger partial charge on any atom is 0.326 e. The highest BCUT2D eigenvalue weighted by atomic mass is 32.2. The number of rotatable bonds is 18. The van der Waals surface area contributed by atoms with Gasteiger partial charge in [0.15, 0.2) is 5.96 Å². The monoisotopic (exact) mass is 615 g/mol. The van der Waals surface area contributed by atoms with Crippen LogP contribution in [0.5, 0.6) is 5.75 Å². The average molecular weight is 616 g/mol. The maximum absolute atomic E-state index is 13.5. The van der Waals surface area contributed by atoms with Gasteiger partial charge in [-0.1, -0.05) is 42.5 Å². The third-order valence-corrected chi connectivity index (χ3v) is 7.10. The van der Waals surface area contributed by atoms with Crippen LogP contribution in [0.25, 0.3) is 0 Å². The molecule has 0 aromatic heterocycles. The maximum atomic E-state index is 13.5. The van der Waals surface area contributed by atoms with E-state index in [0.29, 0.717) is 29.8 Å². The molecule has 4 atom stereocenters. The van der Waals surface area contributed by atoms with Gasteiger partial charge < -0.3 is 43.4 Å². The van der Waals surface area contributed by atoms with Crippen LogP contribution in [0, 0.1) is 0 Å². The number of nitrogens with one attached hydrogen (secondary N) is 3. The first-order valence-electron chi connectivity index (χ1n) is 13.8. The molecule has 14 heteroatoms. The minimum absolute atomic E-state index is 0.00301. The lowest BCUT2D eigenvalue weighted by Gasteiger charge is -2.25. The average Bonchev–Trinajstić information content (AvgIpc) is 2.97. The predicted octanol–water partition coefficient (Wildman–Crippen LogP) is -0.150. The van der Waals surface area contributed by atoms with Crippen LogP contribution in [0.15, 0.2) is 59.6 Å². The first-order valence-corrected chi connectivity index (χ1v) is 15.1. The van der Waals surface area contributed by atoms with Gasteiger partial charge in [-0.2, -0.15) is 11.8 Å². The Morgan fingerprint density at radius 2 is 1.37 bits per heavy atom. The zero-order chi connectivity index (χ0) is 31.8. The number of nitrogens with zero attached hydrogens (tertiary/aromatic N) is 1. The highest BCUT2D eigenvalue weighted by molar-refractivity contribution is 7.98. The Morgan fingerprint density at radius 3 is 1.98 bits per heavy atom. The summed E-state index contributed by atoms with van der Waals surface area (Å²) in [6.07, 6.45) is 2.89. The molecule has 0 heterocycles. The summed E-state index contributed by atoms with van der Waals surface area (Å²) in [6.45, 7) is 0.301. The highest BCUT2D eigenvalue weighted by Gasteiger charge is 2.30. The number of thioether (sulfide) groups is 1. The van der Waals surface area contributed by atoms with Crippen molar-refractivity contribution in [1.29, 1.82) is 0 Å². The summed E-state index contributed by atoms with van der Waals surface area (Å²) in [4.78, 5) is 55.6. The Morgan fingerprint density at radius 1 is 0.814 bits per heavy atom. The van der Waals surface area contributed by atoms with Crippen molar-refractivity contribution in [2.24, 2.45) is 22.2 Å². The van der Waals surface area contributed by atoms with Crippen molar-refractivity contribution in [2.75, 3.05) is 18.6 Å². The molecule has 0 radical (unpaired) electrons. The summed E-state index contributed by atoms with van der Waals surface area (Å²) in [5.74, 6) is -2.61. The summed E-state index contributed by atoms with van der Waals surface area (Å²) in [5.41, 5.74) is 18.0. The molecule has 43 heavy (non-hydrogen) atoms. The number of guanidine groups is 1. The molecule has 13 nitrogen and oxygen atoms in total. The Bertz CT molecular complexity index is 1230. The predicted molar refractivity (Wildman–Crippen MR) is 166 cm³/mol. The van der Waals surface area contributed by atoms with Crippen molar-refractivity contribution in [1.82, 2.24) is 16.0 Å². The van der Waals surface area contributed by atoms with Gasteiger partial charge in [0, 0.05) is 19.4 Å². The standard InChI is InChI=1S/C29H41N7O6S/c1-43-15-13-22(34-25(38)21(30)8-5-14-33-29(31)32)26(39)35-23(16-19-9-11-20(37)12-10-19)27(40)36-24(28(41)42)17-18-6-3-2-4-7-18/h2-4,6-7,9-12,21-24,37H,5,8,13-17,30H2,1H3,(H,34,38)(H,35,39)(H,36,40)(H,41,42)(H4,31,32,33). The number of carboxylic acid groups (broad SMARTS) is 1. The van der Waals surface area contributed by atoms with E-state index in [-0.39, 0.29) is 37.4 Å². The summed E-state index contributed by atoms with van der Waals surface area (Å²) in [6, 6.07) is 10.6. The molecule has 0 aliphatic rings. The van der Waals surface area contributed by atoms with Crippen LogP contribution in [0.2, 0.25) is 0 Å². The van der Waals surface area contributed by atoms with Gasteiger partial charge in [-0.05, 0) is 54.5 Å². The Balaban J connectivity index is 2.20. The largest absolute Gasteiger partial charge is 0.508 e. The second-order valence-corrected chi connectivity index (χ2v) is 10.9. The number of phenols is 1. The summed E-state index contributed by atoms with van der Waals surface area (Å²) < 4.78 is 0. The number of hydrogen-bond acceptors (Lipinski definition) is 8. The van der Waals surface area contributed by atoms with Crippen LogP contribution < -0.4 is 33.2 Å². The number of amides is 3. The van der Waals surface area contributed by atoms with Gasteiger partial charge in [-0.3, -0.25) is 19.4 Å². The Kier molecular flexibility index (Phi) is 14.8. The molecule has 4 unspecified atom stereocenters. The number of aromatic hydroxyl groups is 1. The molecule has 0 fully saturated rings. The minimum Gasteiger partial charge on any atom is -0.508 e. The van der Waals surface area contributed by atoms with Gasteiger partial charge >= 0.3 is 5.97 Å². The number of hydrogen-bond donors (Lipinski definition) is 8. The molecule has 0 spiro atoms. The minimum atomic E-state index is -1.25. The molecule has 0 saturated heterocycles. The smallest absolute Gasteiger partial charge is 0.326 e. The van der Waals surface area contributed by atoms with E-state index < -0.39 is 47.9 Å². The van der Waals surface area contributed by atoms with Crippen LogP contribution in [-0.4, -0.2) is 82.6 Å². The van der Waals surface area contributed by atoms with E-state index in [4.69, 9.17) is 17.2 Å². The van der Waals surface area contributed by atoms with Crippen molar-refractivity contribution in [3.05, 3.63) is 65.7 Å². The molecular formula is C29H41N7O6S. The molecule has 0 saturated carbocycles. The molecule has 234 valence electrons. The normalized spacial score (nSPS) is 13.5. The number of carbonyl (C=O) groups excluding carboxylic acids is 3. The lowest BCUT2D eigenvalue weighted by Crippen LogP contribution is -2.58. The number of nitrogens with two attached hydrogens (primary N) is 3. The first kappa shape index (κ1) is 34.9. The molecule has 3 amide bonds. The topological polar surface area (TPSA) is 235 Å². The number of carboxylic acids is 1. The number of carbonyl (C=O) groups is 4. The Labute approximate surface area is 255 Å². The second-order valence-electron chi connectivity index (χ2n) is 9.92. The van der Waals surface area contributed by atoms with Gasteiger partial charge in [-0.15, -0.1) is 0 Å². The molecule has 11 N–H and O–H groups in total. The van der Waals surface area contributed by atoms with Gasteiger partial charge in [0.2, 0.25) is 17.7 Å². The molecule has 2 rings (SSSR count). The van der Waals surface area contributed by atoms with E-state index in [1.807, 2.05) is 6.26 Å². The molecular weight excluding hydrogens is 574 g/mol. The van der Waals surface area contributed by atoms with E-state index >= 15 is 0 Å². The SMILES string of the molecule is CSCCC(NC(=O)C(N)CCCN=C(N)N)C(=O)NC(Cc1ccc(O)cc1)C(=O)NC(Cc1ccccc1)C(=O)O. The second kappa shape index (κ2) is 18.3. The highest BCUT2D eigenvalue weighted by Crippen LogP contribution is 2.13. The molecule has 2 aromatic carbocycles. The van der Waals surface area contributed by atoms with Gasteiger partial charge in [0.05, 0.1) is 6.04 Å². The van der Waals surface area contributed by atoms with Crippen molar-refractivity contribution in [3.8, 4) is 5.75 Å². The van der Waals surface area contributed by atoms with Crippen LogP contribution >= 0.6 is 11.8 Å². The Hall–Kier alpha value is -4.30. The zero-order valence-electron chi connectivity index (χ0n) is 24.1. The number of aliphatic carboxylic acids is 1. The third-order valence-electron chi connectivity index (χ3n) is 6.45. The van der Waals surface area contributed by atoms with Gasteiger partial charge in [-0.25, -0.2) is 4.79 Å². The van der Waals surface area contributed by atoms with Gasteiger partial charge in [0.1, 0.15) is 23.9 Å². The number of phenolic OH excluding ortho intramolecular Hbond substituents is 1. The van der Waals surface area contributed by atoms with Gasteiger partial charge in [0.25, 0.3) is 0 Å². The van der Waals surface area contributed by atoms with E-state index in [2.05, 4.69) is 20.9 Å². The molecule has 0 aliphatic heterocycles. The van der Waals surface area contributed by atoms with Crippen molar-refractivity contribution in [2.45, 2.75) is 56.3 Å².